The molecule has 2 aliphatic rings. The SMILES string of the molecule is Cc1cc(C)c(NC(=O)CNC(=O)COC(=O)C[C@@H]2C[C@@H]3CC[C@@H]2C3)c(C)c1. The van der Waals surface area contributed by atoms with Crippen molar-refractivity contribution in [2.75, 3.05) is 18.5 Å². The van der Waals surface area contributed by atoms with Crippen molar-refractivity contribution in [3.8, 4) is 0 Å². The average molecular weight is 386 g/mol. The van der Waals surface area contributed by atoms with Crippen molar-refractivity contribution < 1.29 is 19.1 Å². The zero-order valence-electron chi connectivity index (χ0n) is 17.0. The van der Waals surface area contributed by atoms with Gasteiger partial charge in [-0.05, 0) is 68.9 Å². The lowest BCUT2D eigenvalue weighted by Crippen LogP contribution is -2.36. The van der Waals surface area contributed by atoms with Gasteiger partial charge in [0.2, 0.25) is 5.91 Å². The summed E-state index contributed by atoms with van der Waals surface area (Å²) < 4.78 is 5.09. The summed E-state index contributed by atoms with van der Waals surface area (Å²) in [5.74, 6) is 0.767. The van der Waals surface area contributed by atoms with Gasteiger partial charge in [-0.3, -0.25) is 14.4 Å². The first-order valence-electron chi connectivity index (χ1n) is 10.1. The van der Waals surface area contributed by atoms with Crippen LogP contribution in [-0.2, 0) is 19.1 Å². The molecule has 3 atom stereocenters. The summed E-state index contributed by atoms with van der Waals surface area (Å²) in [5, 5.41) is 5.33. The van der Waals surface area contributed by atoms with Crippen LogP contribution in [0.5, 0.6) is 0 Å². The van der Waals surface area contributed by atoms with Gasteiger partial charge in [-0.2, -0.15) is 0 Å². The number of aryl methyl sites for hydroxylation is 3. The molecule has 2 saturated carbocycles. The Morgan fingerprint density at radius 3 is 2.36 bits per heavy atom. The molecular weight excluding hydrogens is 356 g/mol. The lowest BCUT2D eigenvalue weighted by molar-refractivity contribution is -0.149. The summed E-state index contributed by atoms with van der Waals surface area (Å²) in [6, 6.07) is 3.99. The van der Waals surface area contributed by atoms with E-state index in [1.807, 2.05) is 32.9 Å². The molecule has 0 aliphatic heterocycles. The van der Waals surface area contributed by atoms with Crippen molar-refractivity contribution in [1.29, 1.82) is 0 Å². The molecule has 0 spiro atoms. The number of nitrogens with one attached hydrogen (secondary N) is 2. The molecule has 0 aromatic heterocycles. The predicted molar refractivity (Wildman–Crippen MR) is 107 cm³/mol. The lowest BCUT2D eigenvalue weighted by Gasteiger charge is -2.20. The number of benzene rings is 1. The number of anilines is 1. The molecular formula is C22H30N2O4. The Morgan fingerprint density at radius 2 is 1.75 bits per heavy atom. The number of carbonyl (C=O) groups excluding carboxylic acids is 3. The smallest absolute Gasteiger partial charge is 0.306 e. The van der Waals surface area contributed by atoms with Crippen molar-refractivity contribution in [2.24, 2.45) is 17.8 Å². The summed E-state index contributed by atoms with van der Waals surface area (Å²) in [4.78, 5) is 36.0. The molecule has 28 heavy (non-hydrogen) atoms. The van der Waals surface area contributed by atoms with Crippen LogP contribution in [0.25, 0.3) is 0 Å². The van der Waals surface area contributed by atoms with Crippen molar-refractivity contribution in [2.45, 2.75) is 52.9 Å². The van der Waals surface area contributed by atoms with Gasteiger partial charge in [0, 0.05) is 12.1 Å². The Labute approximate surface area is 166 Å². The molecule has 0 heterocycles. The van der Waals surface area contributed by atoms with E-state index in [0.29, 0.717) is 18.3 Å². The van der Waals surface area contributed by atoms with Gasteiger partial charge in [0.05, 0.1) is 6.54 Å². The predicted octanol–water partition coefficient (Wildman–Crippen LogP) is 3.04. The first kappa shape index (κ1) is 20.4. The van der Waals surface area contributed by atoms with E-state index < -0.39 is 5.91 Å². The monoisotopic (exact) mass is 386 g/mol. The van der Waals surface area contributed by atoms with Gasteiger partial charge in [0.1, 0.15) is 0 Å². The maximum absolute atomic E-state index is 12.1. The Balaban J connectivity index is 1.36. The van der Waals surface area contributed by atoms with E-state index in [9.17, 15) is 14.4 Å². The van der Waals surface area contributed by atoms with E-state index in [-0.39, 0.29) is 25.0 Å². The first-order valence-corrected chi connectivity index (χ1v) is 10.1. The maximum Gasteiger partial charge on any atom is 0.306 e. The standard InChI is InChI=1S/C22H30N2O4/c1-13-6-14(2)22(15(3)7-13)24-19(25)11-23-20(26)12-28-21(27)10-18-9-16-4-5-17(18)8-16/h6-7,16-18H,4-5,8-12H2,1-3H3,(H,23,26)(H,24,25)/t16-,17-,18+/m1/s1. The summed E-state index contributed by atoms with van der Waals surface area (Å²) in [5.41, 5.74) is 3.86. The number of esters is 1. The largest absolute Gasteiger partial charge is 0.456 e. The Bertz CT molecular complexity index is 751. The van der Waals surface area contributed by atoms with Crippen molar-refractivity contribution in [3.63, 3.8) is 0 Å². The summed E-state index contributed by atoms with van der Waals surface area (Å²) in [7, 11) is 0. The van der Waals surface area contributed by atoms with Crippen LogP contribution in [0.1, 0.15) is 48.8 Å². The van der Waals surface area contributed by atoms with Crippen molar-refractivity contribution in [1.82, 2.24) is 5.32 Å². The van der Waals surface area contributed by atoms with Gasteiger partial charge < -0.3 is 15.4 Å². The fraction of sp³-hybridized carbons (Fsp3) is 0.591. The first-order chi connectivity index (χ1) is 13.3. The zero-order chi connectivity index (χ0) is 20.3. The molecule has 6 nitrogen and oxygen atoms in total. The van der Waals surface area contributed by atoms with E-state index >= 15 is 0 Å². The minimum atomic E-state index is -0.464. The third-order valence-corrected chi connectivity index (χ3v) is 6.07. The molecule has 1 aromatic rings. The van der Waals surface area contributed by atoms with E-state index in [1.54, 1.807) is 0 Å². The Kier molecular flexibility index (Phi) is 6.37. The van der Waals surface area contributed by atoms with E-state index in [0.717, 1.165) is 34.7 Å². The van der Waals surface area contributed by atoms with Gasteiger partial charge >= 0.3 is 5.97 Å². The number of rotatable bonds is 7. The molecule has 2 fully saturated rings. The van der Waals surface area contributed by atoms with Gasteiger partial charge in [-0.15, -0.1) is 0 Å². The molecule has 0 saturated heterocycles. The van der Waals surface area contributed by atoms with Crippen LogP contribution in [-0.4, -0.2) is 30.9 Å². The molecule has 1 aromatic carbocycles. The lowest BCUT2D eigenvalue weighted by atomic mass is 9.86. The highest BCUT2D eigenvalue weighted by Crippen LogP contribution is 2.49. The van der Waals surface area contributed by atoms with Crippen LogP contribution in [0, 0.1) is 38.5 Å². The van der Waals surface area contributed by atoms with Crippen LogP contribution < -0.4 is 10.6 Å². The number of amides is 2. The molecule has 2 N–H and O–H groups in total. The van der Waals surface area contributed by atoms with Gasteiger partial charge in [0.25, 0.3) is 5.91 Å². The van der Waals surface area contributed by atoms with E-state index in [2.05, 4.69) is 10.6 Å². The Hall–Kier alpha value is -2.37. The maximum atomic E-state index is 12.1. The molecule has 2 bridgehead atoms. The van der Waals surface area contributed by atoms with Crippen LogP contribution in [0.4, 0.5) is 5.69 Å². The highest BCUT2D eigenvalue weighted by Gasteiger charge is 2.40. The third-order valence-electron chi connectivity index (χ3n) is 6.07. The number of carbonyl (C=O) groups is 3. The molecule has 0 radical (unpaired) electrons. The number of ether oxygens (including phenoxy) is 1. The minimum absolute atomic E-state index is 0.157. The highest BCUT2D eigenvalue weighted by molar-refractivity contribution is 5.96. The van der Waals surface area contributed by atoms with Crippen LogP contribution in [0.2, 0.25) is 0 Å². The van der Waals surface area contributed by atoms with Crippen LogP contribution in [0.3, 0.4) is 0 Å². The molecule has 3 rings (SSSR count). The van der Waals surface area contributed by atoms with Gasteiger partial charge in [-0.25, -0.2) is 0 Å². The molecule has 0 unspecified atom stereocenters. The molecule has 152 valence electrons. The number of hydrogen-bond acceptors (Lipinski definition) is 4. The third kappa shape index (κ3) is 5.12. The molecule has 6 heteroatoms. The second kappa shape index (κ2) is 8.76. The van der Waals surface area contributed by atoms with Crippen molar-refractivity contribution >= 4 is 23.5 Å². The summed E-state index contributed by atoms with van der Waals surface area (Å²) in [6.07, 6.45) is 5.28. The average Bonchev–Trinajstić information content (AvgIpc) is 3.24. The molecule has 2 amide bonds. The fourth-order valence-electron chi connectivity index (χ4n) is 4.84. The van der Waals surface area contributed by atoms with Crippen LogP contribution >= 0.6 is 0 Å². The number of hydrogen-bond donors (Lipinski definition) is 2. The Morgan fingerprint density at radius 1 is 1.04 bits per heavy atom. The van der Waals surface area contributed by atoms with Crippen LogP contribution in [0.15, 0.2) is 12.1 Å². The summed E-state index contributed by atoms with van der Waals surface area (Å²) >= 11 is 0. The summed E-state index contributed by atoms with van der Waals surface area (Å²) in [6.45, 7) is 5.38. The number of fused-ring (bicyclic) bond motifs is 2. The second-order valence-corrected chi connectivity index (χ2v) is 8.40. The second-order valence-electron chi connectivity index (χ2n) is 8.40. The minimum Gasteiger partial charge on any atom is -0.456 e. The topological polar surface area (TPSA) is 84.5 Å². The van der Waals surface area contributed by atoms with Gasteiger partial charge in [0.15, 0.2) is 6.61 Å². The normalized spacial score (nSPS) is 22.8. The van der Waals surface area contributed by atoms with Gasteiger partial charge in [-0.1, -0.05) is 24.1 Å². The van der Waals surface area contributed by atoms with Crippen molar-refractivity contribution in [3.05, 3.63) is 28.8 Å². The van der Waals surface area contributed by atoms with E-state index in [1.165, 1.54) is 19.3 Å². The quantitative estimate of drug-likeness (QED) is 0.706. The highest BCUT2D eigenvalue weighted by atomic mass is 16.5. The fourth-order valence-corrected chi connectivity index (χ4v) is 4.84. The molecule has 2 aliphatic carbocycles. The zero-order valence-corrected chi connectivity index (χ0v) is 17.0. The van der Waals surface area contributed by atoms with E-state index in [4.69, 9.17) is 4.74 Å².